The molecule has 2 aromatic rings. The van der Waals surface area contributed by atoms with Crippen LogP contribution in [-0.4, -0.2) is 29.6 Å². The topological polar surface area (TPSA) is 69.5 Å². The molecule has 0 aliphatic rings. The average Bonchev–Trinajstić information content (AvgIpc) is 2.95. The molecule has 0 aliphatic heterocycles. The smallest absolute Gasteiger partial charge is 0.191 e. The van der Waals surface area contributed by atoms with Crippen LogP contribution >= 0.6 is 46.9 Å². The van der Waals surface area contributed by atoms with Gasteiger partial charge >= 0.3 is 0 Å². The van der Waals surface area contributed by atoms with Crippen molar-refractivity contribution in [3.8, 4) is 0 Å². The van der Waals surface area contributed by atoms with Crippen LogP contribution in [0.4, 0.5) is 0 Å². The third kappa shape index (κ3) is 6.25. The second-order valence-electron chi connectivity index (χ2n) is 4.73. The molecule has 2 rings (SSSR count). The summed E-state index contributed by atoms with van der Waals surface area (Å²) in [5.74, 6) is 0.617. The number of hydrogen-bond donors (Lipinski definition) is 3. The number of aromatic nitrogens is 1. The van der Waals surface area contributed by atoms with E-state index in [1.165, 1.54) is 11.3 Å². The van der Waals surface area contributed by atoms with Gasteiger partial charge in [-0.25, -0.2) is 0 Å². The van der Waals surface area contributed by atoms with Gasteiger partial charge in [0, 0.05) is 24.7 Å². The Morgan fingerprint density at radius 3 is 2.78 bits per heavy atom. The minimum atomic E-state index is -0.618. The van der Waals surface area contributed by atoms with Crippen molar-refractivity contribution in [2.45, 2.75) is 19.6 Å². The lowest BCUT2D eigenvalue weighted by molar-refractivity contribution is 0.184. The summed E-state index contributed by atoms with van der Waals surface area (Å²) in [5, 5.41) is 16.4. The van der Waals surface area contributed by atoms with E-state index in [1.54, 1.807) is 19.3 Å². The van der Waals surface area contributed by atoms with Crippen molar-refractivity contribution < 1.29 is 5.11 Å². The molecule has 5 nitrogen and oxygen atoms in total. The van der Waals surface area contributed by atoms with Gasteiger partial charge in [-0.15, -0.1) is 35.3 Å². The zero-order chi connectivity index (χ0) is 15.9. The van der Waals surface area contributed by atoms with Crippen LogP contribution < -0.4 is 10.6 Å². The maximum Gasteiger partial charge on any atom is 0.191 e. The molecule has 2 aromatic heterocycles. The monoisotopic (exact) mass is 466 g/mol. The summed E-state index contributed by atoms with van der Waals surface area (Å²) in [4.78, 5) is 9.29. The predicted octanol–water partition coefficient (Wildman–Crippen LogP) is 3.12. The van der Waals surface area contributed by atoms with Gasteiger partial charge < -0.3 is 15.7 Å². The summed E-state index contributed by atoms with van der Waals surface area (Å²) in [6.07, 6.45) is 1.15. The molecule has 0 amide bonds. The molecule has 0 bridgehead atoms. The van der Waals surface area contributed by atoms with Crippen molar-refractivity contribution in [1.29, 1.82) is 0 Å². The number of thiophene rings is 1. The average molecular weight is 467 g/mol. The Labute approximate surface area is 162 Å². The molecule has 0 aromatic carbocycles. The zero-order valence-corrected chi connectivity index (χ0v) is 16.8. The first-order valence-electron chi connectivity index (χ1n) is 6.88. The Morgan fingerprint density at radius 1 is 1.39 bits per heavy atom. The summed E-state index contributed by atoms with van der Waals surface area (Å²) in [7, 11) is 1.69. The molecule has 0 saturated carbocycles. The molecule has 1 unspecified atom stereocenters. The summed E-state index contributed by atoms with van der Waals surface area (Å²) in [6, 6.07) is 7.54. The summed E-state index contributed by atoms with van der Waals surface area (Å²) >= 11 is 7.24. The Balaban J connectivity index is 0.00000264. The molecule has 8 heteroatoms. The van der Waals surface area contributed by atoms with Gasteiger partial charge in [-0.2, -0.15) is 0 Å². The van der Waals surface area contributed by atoms with Crippen molar-refractivity contribution >= 4 is 52.9 Å². The Bertz CT molecular complexity index is 650. The van der Waals surface area contributed by atoms with E-state index in [1.807, 2.05) is 25.1 Å². The lowest BCUT2D eigenvalue weighted by atomic mass is 10.2. The van der Waals surface area contributed by atoms with Gasteiger partial charge in [0.15, 0.2) is 5.96 Å². The maximum atomic E-state index is 10.1. The van der Waals surface area contributed by atoms with E-state index in [-0.39, 0.29) is 24.0 Å². The number of aryl methyl sites for hydroxylation is 1. The molecule has 0 radical (unpaired) electrons. The number of guanidine groups is 1. The van der Waals surface area contributed by atoms with Gasteiger partial charge in [-0.05, 0) is 30.7 Å². The number of aliphatic imine (C=N–C) groups is 1. The van der Waals surface area contributed by atoms with Crippen LogP contribution in [0.15, 0.2) is 35.5 Å². The molecule has 0 fully saturated rings. The fourth-order valence-electron chi connectivity index (χ4n) is 1.89. The number of aliphatic hydroxyl groups excluding tert-OH is 1. The predicted molar refractivity (Wildman–Crippen MR) is 107 cm³/mol. The van der Waals surface area contributed by atoms with E-state index in [2.05, 4.69) is 20.6 Å². The van der Waals surface area contributed by atoms with Crippen molar-refractivity contribution in [3.05, 3.63) is 50.9 Å². The molecule has 0 aliphatic carbocycles. The van der Waals surface area contributed by atoms with Gasteiger partial charge in [-0.3, -0.25) is 9.98 Å². The molecule has 1 atom stereocenters. The first-order valence-corrected chi connectivity index (χ1v) is 8.08. The summed E-state index contributed by atoms with van der Waals surface area (Å²) < 4.78 is 0.669. The lowest BCUT2D eigenvalue weighted by Crippen LogP contribution is -2.39. The van der Waals surface area contributed by atoms with Crippen LogP contribution in [0, 0.1) is 6.92 Å². The van der Waals surface area contributed by atoms with E-state index in [0.29, 0.717) is 23.4 Å². The minimum absolute atomic E-state index is 0. The molecule has 23 heavy (non-hydrogen) atoms. The number of halogens is 2. The van der Waals surface area contributed by atoms with E-state index in [9.17, 15) is 5.11 Å². The first-order chi connectivity index (χ1) is 10.6. The van der Waals surface area contributed by atoms with Gasteiger partial charge in [0.25, 0.3) is 0 Å². The number of nitrogens with one attached hydrogen (secondary N) is 2. The number of hydrogen-bond acceptors (Lipinski definition) is 4. The second-order valence-corrected chi connectivity index (χ2v) is 6.48. The normalized spacial score (nSPS) is 12.4. The maximum absolute atomic E-state index is 10.1. The van der Waals surface area contributed by atoms with Crippen LogP contribution in [-0.2, 0) is 6.54 Å². The van der Waals surface area contributed by atoms with Gasteiger partial charge in [-0.1, -0.05) is 17.7 Å². The van der Waals surface area contributed by atoms with E-state index in [4.69, 9.17) is 11.6 Å². The highest BCUT2D eigenvalue weighted by Gasteiger charge is 2.11. The molecule has 0 saturated heterocycles. The molecular weight excluding hydrogens is 447 g/mol. The quantitative estimate of drug-likeness (QED) is 0.360. The van der Waals surface area contributed by atoms with Crippen molar-refractivity contribution in [2.24, 2.45) is 4.99 Å². The van der Waals surface area contributed by atoms with Gasteiger partial charge in [0.1, 0.15) is 6.10 Å². The van der Waals surface area contributed by atoms with Crippen LogP contribution in [0.5, 0.6) is 0 Å². The molecule has 0 spiro atoms. The van der Waals surface area contributed by atoms with Gasteiger partial charge in [0.05, 0.1) is 16.6 Å². The molecule has 2 heterocycles. The van der Waals surface area contributed by atoms with E-state index in [0.717, 1.165) is 16.1 Å². The standard InChI is InChI=1S/C15H19ClN4OS.HI/c1-10-4-3-7-18-11(10)8-19-15(17-2)20-9-12(21)13-5-6-14(16)22-13;/h3-7,12,21H,8-9H2,1-2H3,(H2,17,19,20);1H. The van der Waals surface area contributed by atoms with E-state index < -0.39 is 6.10 Å². The lowest BCUT2D eigenvalue weighted by Gasteiger charge is -2.15. The van der Waals surface area contributed by atoms with Crippen LogP contribution in [0.2, 0.25) is 4.34 Å². The van der Waals surface area contributed by atoms with Crippen molar-refractivity contribution in [1.82, 2.24) is 15.6 Å². The highest BCUT2D eigenvalue weighted by Crippen LogP contribution is 2.26. The summed E-state index contributed by atoms with van der Waals surface area (Å²) in [5.41, 5.74) is 2.09. The number of aliphatic hydroxyl groups is 1. The fourth-order valence-corrected chi connectivity index (χ4v) is 2.94. The number of nitrogens with zero attached hydrogens (tertiary/aromatic N) is 2. The molecule has 3 N–H and O–H groups in total. The third-order valence-electron chi connectivity index (χ3n) is 3.15. The first kappa shape index (κ1) is 20.1. The largest absolute Gasteiger partial charge is 0.386 e. The Hall–Kier alpha value is -0.900. The van der Waals surface area contributed by atoms with E-state index >= 15 is 0 Å². The minimum Gasteiger partial charge on any atom is -0.386 e. The van der Waals surface area contributed by atoms with Crippen molar-refractivity contribution in [2.75, 3.05) is 13.6 Å². The second kappa shape index (κ2) is 10.1. The van der Waals surface area contributed by atoms with Crippen LogP contribution in [0.1, 0.15) is 22.2 Å². The molecule has 126 valence electrons. The van der Waals surface area contributed by atoms with Crippen LogP contribution in [0.3, 0.4) is 0 Å². The Kier molecular flexibility index (Phi) is 8.82. The SMILES string of the molecule is CN=C(NCc1ncccc1C)NCC(O)c1ccc(Cl)s1.I. The highest BCUT2D eigenvalue weighted by molar-refractivity contribution is 14.0. The number of pyridine rings is 1. The van der Waals surface area contributed by atoms with Gasteiger partial charge in [0.2, 0.25) is 0 Å². The van der Waals surface area contributed by atoms with Crippen LogP contribution in [0.25, 0.3) is 0 Å². The van der Waals surface area contributed by atoms with Crippen molar-refractivity contribution in [3.63, 3.8) is 0 Å². The fraction of sp³-hybridized carbons (Fsp3) is 0.333. The molecular formula is C15H20ClIN4OS. The third-order valence-corrected chi connectivity index (χ3v) is 4.48. The zero-order valence-electron chi connectivity index (χ0n) is 12.9. The highest BCUT2D eigenvalue weighted by atomic mass is 127. The Morgan fingerprint density at radius 2 is 2.17 bits per heavy atom. The summed E-state index contributed by atoms with van der Waals surface area (Å²) in [6.45, 7) is 2.95. The number of rotatable bonds is 5.